The molecule has 0 heterocycles. The molecule has 0 aliphatic heterocycles. The first kappa shape index (κ1) is 7.75. The van der Waals surface area contributed by atoms with Crippen LogP contribution < -0.4 is 5.30 Å². The summed E-state index contributed by atoms with van der Waals surface area (Å²) in [4.78, 5) is 0. The molecule has 0 amide bonds. The minimum atomic E-state index is 1.12. The fourth-order valence-corrected chi connectivity index (χ4v) is 1.30. The molecule has 10 heavy (non-hydrogen) atoms. The van der Waals surface area contributed by atoms with Gasteiger partial charge in [-0.3, -0.25) is 0 Å². The molecule has 0 spiro atoms. The van der Waals surface area contributed by atoms with Gasteiger partial charge < -0.3 is 14.5 Å². The first-order chi connectivity index (χ1) is 4.61. The summed E-state index contributed by atoms with van der Waals surface area (Å²) in [5.74, 6) is 0. The van der Waals surface area contributed by atoms with E-state index in [1.54, 1.807) is 0 Å². The fourth-order valence-electron chi connectivity index (χ4n) is 1.17. The maximum absolute atomic E-state index is 4.36. The van der Waals surface area contributed by atoms with Crippen molar-refractivity contribution in [3.63, 3.8) is 0 Å². The van der Waals surface area contributed by atoms with E-state index in [1.807, 2.05) is 0 Å². The molecule has 1 aromatic carbocycles. The van der Waals surface area contributed by atoms with Gasteiger partial charge in [-0.15, -0.1) is 11.1 Å². The Morgan fingerprint density at radius 3 is 1.80 bits per heavy atom. The average molecular weight is 150 g/mol. The highest BCUT2D eigenvalue weighted by Crippen LogP contribution is 2.07. The number of benzene rings is 1. The molecule has 0 saturated carbocycles. The molecule has 0 aromatic heterocycles. The molecule has 54 valence electrons. The van der Waals surface area contributed by atoms with Crippen molar-refractivity contribution in [2.24, 2.45) is 0 Å². The highest BCUT2D eigenvalue weighted by atomic mass is 31.0. The zero-order valence-corrected chi connectivity index (χ0v) is 7.50. The molecule has 0 radical (unpaired) electrons. The van der Waals surface area contributed by atoms with Crippen LogP contribution in [-0.4, -0.2) is 0 Å². The van der Waals surface area contributed by atoms with Gasteiger partial charge in [0.1, 0.15) is 0 Å². The summed E-state index contributed by atoms with van der Waals surface area (Å²) in [6, 6.07) is 4.30. The number of hydrogen-bond acceptors (Lipinski definition) is 0. The molecule has 0 nitrogen and oxygen atoms in total. The second kappa shape index (κ2) is 2.72. The molecule has 0 atom stereocenters. The van der Waals surface area contributed by atoms with Gasteiger partial charge in [-0.1, -0.05) is 17.7 Å². The van der Waals surface area contributed by atoms with Crippen LogP contribution in [0.3, 0.4) is 0 Å². The largest absolute Gasteiger partial charge is 1.45 e. The van der Waals surface area contributed by atoms with Crippen LogP contribution in [0.2, 0.25) is 0 Å². The Balaban J connectivity index is 3.31. The van der Waals surface area contributed by atoms with Crippen molar-refractivity contribution < 1.29 is 0 Å². The predicted octanol–water partition coefficient (Wildman–Crippen LogP) is 2.65. The van der Waals surface area contributed by atoms with Crippen LogP contribution in [0.4, 0.5) is 0 Å². The lowest BCUT2D eigenvalue weighted by molar-refractivity contribution is 1.36. The fraction of sp³-hybridized carbons (Fsp3) is 0.333. The third-order valence-electron chi connectivity index (χ3n) is 1.64. The Hall–Kier alpha value is -0.350. The summed E-state index contributed by atoms with van der Waals surface area (Å²) in [6.45, 7) is 6.28. The van der Waals surface area contributed by atoms with E-state index in [0.717, 1.165) is 5.30 Å². The van der Waals surface area contributed by atoms with Crippen LogP contribution in [0.5, 0.6) is 0 Å². The monoisotopic (exact) mass is 150 g/mol. The van der Waals surface area contributed by atoms with E-state index in [4.69, 9.17) is 0 Å². The minimum Gasteiger partial charge on any atom is -1.45 e. The third-order valence-corrected chi connectivity index (χ3v) is 2.34. The molecule has 0 saturated heterocycles. The molecule has 1 aromatic rings. The van der Waals surface area contributed by atoms with Gasteiger partial charge in [0.05, 0.1) is 0 Å². The van der Waals surface area contributed by atoms with Gasteiger partial charge in [0.25, 0.3) is 0 Å². The number of hydrogen-bond donors (Lipinski definition) is 0. The Labute approximate surface area is 64.9 Å². The van der Waals surface area contributed by atoms with Crippen molar-refractivity contribution >= 4 is 14.5 Å². The summed E-state index contributed by atoms with van der Waals surface area (Å²) >= 11 is 0. The van der Waals surface area contributed by atoms with E-state index in [2.05, 4.69) is 42.1 Å². The zero-order valence-electron chi connectivity index (χ0n) is 6.60. The molecule has 0 aliphatic carbocycles. The van der Waals surface area contributed by atoms with Crippen molar-refractivity contribution in [1.29, 1.82) is 0 Å². The van der Waals surface area contributed by atoms with Gasteiger partial charge in [0.2, 0.25) is 0 Å². The van der Waals surface area contributed by atoms with Crippen LogP contribution in [0.1, 0.15) is 16.7 Å². The van der Waals surface area contributed by atoms with E-state index in [-0.39, 0.29) is 0 Å². The SMILES string of the molecule is Cc1cc(C)c([P-2])c(C)c1. The zero-order chi connectivity index (χ0) is 7.72. The molecule has 0 unspecified atom stereocenters. The van der Waals surface area contributed by atoms with E-state index in [1.165, 1.54) is 16.7 Å². The maximum atomic E-state index is 4.36. The first-order valence-electron chi connectivity index (χ1n) is 3.38. The standard InChI is InChI=1S/C9H11P/c1-6-4-7(2)9(10)8(3)5-6/h4-5H,1-3H3/q-2. The van der Waals surface area contributed by atoms with Gasteiger partial charge in [-0.25, -0.2) is 0 Å². The second-order valence-electron chi connectivity index (χ2n) is 2.75. The molecule has 0 bridgehead atoms. The molecular weight excluding hydrogens is 139 g/mol. The van der Waals surface area contributed by atoms with E-state index < -0.39 is 0 Å². The Bertz CT molecular complexity index is 228. The van der Waals surface area contributed by atoms with Crippen molar-refractivity contribution in [2.45, 2.75) is 20.8 Å². The molecule has 1 heteroatoms. The number of rotatable bonds is 0. The lowest BCUT2D eigenvalue weighted by Crippen LogP contribution is -2.01. The Kier molecular flexibility index (Phi) is 2.11. The highest BCUT2D eigenvalue weighted by molar-refractivity contribution is 7.27. The van der Waals surface area contributed by atoms with Gasteiger partial charge in [-0.2, -0.15) is 0 Å². The number of aryl methyl sites for hydroxylation is 3. The topological polar surface area (TPSA) is 0 Å². The molecule has 0 N–H and O–H groups in total. The van der Waals surface area contributed by atoms with Gasteiger partial charge in [-0.05, 0) is 20.8 Å². The lowest BCUT2D eigenvalue weighted by atomic mass is 10.1. The highest BCUT2D eigenvalue weighted by Gasteiger charge is 1.84. The first-order valence-corrected chi connectivity index (χ1v) is 3.83. The third kappa shape index (κ3) is 1.38. The van der Waals surface area contributed by atoms with Crippen molar-refractivity contribution in [3.8, 4) is 0 Å². The molecule has 0 aliphatic rings. The van der Waals surface area contributed by atoms with Gasteiger partial charge in [0.15, 0.2) is 0 Å². The summed E-state index contributed by atoms with van der Waals surface area (Å²) < 4.78 is 0. The van der Waals surface area contributed by atoms with E-state index >= 15 is 0 Å². The predicted molar refractivity (Wildman–Crippen MR) is 47.2 cm³/mol. The Morgan fingerprint density at radius 1 is 1.00 bits per heavy atom. The van der Waals surface area contributed by atoms with Crippen molar-refractivity contribution in [3.05, 3.63) is 28.8 Å². The maximum Gasteiger partial charge on any atom is -0.0398 e. The van der Waals surface area contributed by atoms with Gasteiger partial charge in [0, 0.05) is 0 Å². The summed E-state index contributed by atoms with van der Waals surface area (Å²) in [5.41, 5.74) is 3.84. The molecule has 0 fully saturated rings. The van der Waals surface area contributed by atoms with Crippen LogP contribution in [0.25, 0.3) is 0 Å². The summed E-state index contributed by atoms with van der Waals surface area (Å²) in [6.07, 6.45) is 0. The smallest absolute Gasteiger partial charge is 0.0398 e. The Morgan fingerprint density at radius 2 is 1.40 bits per heavy atom. The average Bonchev–Trinajstić information content (AvgIpc) is 1.82. The van der Waals surface area contributed by atoms with Crippen LogP contribution in [-0.2, 0) is 0 Å². The quantitative estimate of drug-likeness (QED) is 0.499. The van der Waals surface area contributed by atoms with Crippen LogP contribution in [0, 0.1) is 20.8 Å². The molecule has 1 rings (SSSR count). The molecular formula is C9H11P-2. The van der Waals surface area contributed by atoms with Gasteiger partial charge >= 0.3 is 0 Å². The normalized spacial score (nSPS) is 10.0. The second-order valence-corrected chi connectivity index (χ2v) is 3.19. The lowest BCUT2D eigenvalue weighted by Gasteiger charge is -2.39. The van der Waals surface area contributed by atoms with Crippen molar-refractivity contribution in [2.75, 3.05) is 0 Å². The summed E-state index contributed by atoms with van der Waals surface area (Å²) in [5, 5.41) is 1.12. The minimum absolute atomic E-state index is 1.12. The van der Waals surface area contributed by atoms with Crippen molar-refractivity contribution in [1.82, 2.24) is 0 Å². The van der Waals surface area contributed by atoms with Crippen LogP contribution in [0.15, 0.2) is 12.1 Å². The van der Waals surface area contributed by atoms with E-state index in [9.17, 15) is 0 Å². The summed E-state index contributed by atoms with van der Waals surface area (Å²) in [7, 11) is 4.36. The van der Waals surface area contributed by atoms with E-state index in [0.29, 0.717) is 0 Å². The van der Waals surface area contributed by atoms with Crippen LogP contribution >= 0.6 is 9.24 Å².